The SMILES string of the molecule is COc1ccc(CC(=O)O)cc1Oc1ccc(Br)cc1CN1C(=O)O[C@@H]2Cc3ccccc3C21. The van der Waals surface area contributed by atoms with E-state index >= 15 is 0 Å². The van der Waals surface area contributed by atoms with E-state index in [0.29, 0.717) is 35.8 Å². The number of ether oxygens (including phenoxy) is 3. The van der Waals surface area contributed by atoms with Crippen molar-refractivity contribution in [1.29, 1.82) is 0 Å². The third kappa shape index (κ3) is 4.21. The molecule has 1 amide bonds. The van der Waals surface area contributed by atoms with Gasteiger partial charge in [-0.3, -0.25) is 9.69 Å². The molecule has 0 aromatic heterocycles. The van der Waals surface area contributed by atoms with E-state index in [1.807, 2.05) is 36.4 Å². The molecule has 0 saturated carbocycles. The Hall–Kier alpha value is -3.52. The highest BCUT2D eigenvalue weighted by atomic mass is 79.9. The van der Waals surface area contributed by atoms with Crippen molar-refractivity contribution in [2.45, 2.75) is 31.5 Å². The molecule has 3 aromatic carbocycles. The van der Waals surface area contributed by atoms with Crippen LogP contribution in [0.3, 0.4) is 0 Å². The van der Waals surface area contributed by atoms with Crippen LogP contribution in [-0.2, 0) is 28.9 Å². The van der Waals surface area contributed by atoms with Crippen molar-refractivity contribution in [3.05, 3.63) is 87.4 Å². The molecule has 5 rings (SSSR count). The van der Waals surface area contributed by atoms with E-state index in [2.05, 4.69) is 22.0 Å². The van der Waals surface area contributed by atoms with Gasteiger partial charge >= 0.3 is 12.1 Å². The molecule has 3 aromatic rings. The quantitative estimate of drug-likeness (QED) is 0.440. The maximum Gasteiger partial charge on any atom is 0.411 e. The molecule has 1 saturated heterocycles. The van der Waals surface area contributed by atoms with Gasteiger partial charge in [0.05, 0.1) is 26.1 Å². The molecule has 2 atom stereocenters. The lowest BCUT2D eigenvalue weighted by Gasteiger charge is -2.23. The molecule has 2 aliphatic rings. The monoisotopic (exact) mass is 523 g/mol. The Morgan fingerprint density at radius 2 is 1.91 bits per heavy atom. The molecule has 1 aliphatic carbocycles. The number of nitrogens with zero attached hydrogens (tertiary/aromatic N) is 1. The first kappa shape index (κ1) is 22.3. The summed E-state index contributed by atoms with van der Waals surface area (Å²) in [6.07, 6.45) is 0.0272. The lowest BCUT2D eigenvalue weighted by atomic mass is 10.1. The van der Waals surface area contributed by atoms with E-state index < -0.39 is 5.97 Å². The molecule has 7 nitrogen and oxygen atoms in total. The second-order valence-corrected chi connectivity index (χ2v) is 9.22. The number of halogens is 1. The van der Waals surface area contributed by atoms with Gasteiger partial charge in [0.25, 0.3) is 0 Å². The van der Waals surface area contributed by atoms with Crippen molar-refractivity contribution in [1.82, 2.24) is 4.90 Å². The molecule has 34 heavy (non-hydrogen) atoms. The third-order valence-corrected chi connectivity index (χ3v) is 6.63. The van der Waals surface area contributed by atoms with Gasteiger partial charge in [-0.2, -0.15) is 0 Å². The second-order valence-electron chi connectivity index (χ2n) is 8.31. The van der Waals surface area contributed by atoms with E-state index in [1.54, 1.807) is 23.1 Å². The Labute approximate surface area is 205 Å². The van der Waals surface area contributed by atoms with Crippen LogP contribution < -0.4 is 9.47 Å². The summed E-state index contributed by atoms with van der Waals surface area (Å²) in [6.45, 7) is 0.292. The highest BCUT2D eigenvalue weighted by molar-refractivity contribution is 9.10. The van der Waals surface area contributed by atoms with Crippen molar-refractivity contribution in [3.8, 4) is 17.2 Å². The summed E-state index contributed by atoms with van der Waals surface area (Å²) in [5.41, 5.74) is 3.68. The minimum atomic E-state index is -0.931. The van der Waals surface area contributed by atoms with Gasteiger partial charge in [0, 0.05) is 16.5 Å². The van der Waals surface area contributed by atoms with Crippen molar-refractivity contribution in [2.24, 2.45) is 0 Å². The van der Waals surface area contributed by atoms with Gasteiger partial charge in [0.1, 0.15) is 11.9 Å². The molecule has 0 radical (unpaired) electrons. The summed E-state index contributed by atoms with van der Waals surface area (Å²) in [5, 5.41) is 9.15. The Balaban J connectivity index is 1.47. The van der Waals surface area contributed by atoms with E-state index in [9.17, 15) is 9.59 Å². The molecule has 1 unspecified atom stereocenters. The van der Waals surface area contributed by atoms with Crippen molar-refractivity contribution < 1.29 is 28.9 Å². The van der Waals surface area contributed by atoms with Crippen LogP contribution in [0.2, 0.25) is 0 Å². The van der Waals surface area contributed by atoms with E-state index in [4.69, 9.17) is 19.3 Å². The van der Waals surface area contributed by atoms with Crippen LogP contribution >= 0.6 is 15.9 Å². The Bertz CT molecular complexity index is 1280. The molecule has 1 fully saturated rings. The summed E-state index contributed by atoms with van der Waals surface area (Å²) in [4.78, 5) is 25.7. The normalized spacial score (nSPS) is 18.3. The maximum atomic E-state index is 12.8. The number of amides is 1. The summed E-state index contributed by atoms with van der Waals surface area (Å²) in [5.74, 6) is 0.488. The van der Waals surface area contributed by atoms with Gasteiger partial charge in [0.2, 0.25) is 0 Å². The standard InChI is InChI=1S/C26H22BrNO6/c1-32-21-8-6-15(11-24(29)30)10-22(21)33-20-9-7-18(27)12-17(20)14-28-25-19-5-3-2-4-16(19)13-23(25)34-26(28)31/h2-10,12,23,25H,11,13-14H2,1H3,(H,29,30)/t23-,25?/m1/s1. The summed E-state index contributed by atoms with van der Waals surface area (Å²) < 4.78 is 18.2. The first-order chi connectivity index (χ1) is 16.4. The van der Waals surface area contributed by atoms with Crippen LogP contribution in [0, 0.1) is 0 Å². The van der Waals surface area contributed by atoms with Crippen molar-refractivity contribution in [3.63, 3.8) is 0 Å². The second kappa shape index (κ2) is 9.02. The zero-order valence-corrected chi connectivity index (χ0v) is 19.9. The molecule has 174 valence electrons. The van der Waals surface area contributed by atoms with Gasteiger partial charge in [-0.15, -0.1) is 0 Å². The number of carboxylic acid groups (broad SMARTS) is 1. The average Bonchev–Trinajstić information content (AvgIpc) is 3.30. The van der Waals surface area contributed by atoms with Gasteiger partial charge in [-0.25, -0.2) is 4.79 Å². The number of benzene rings is 3. The lowest BCUT2D eigenvalue weighted by Crippen LogP contribution is -2.27. The molecule has 1 N–H and O–H groups in total. The highest BCUT2D eigenvalue weighted by Crippen LogP contribution is 2.44. The zero-order valence-electron chi connectivity index (χ0n) is 18.4. The minimum Gasteiger partial charge on any atom is -0.493 e. The molecule has 0 bridgehead atoms. The predicted molar refractivity (Wildman–Crippen MR) is 127 cm³/mol. The predicted octanol–water partition coefficient (Wildman–Crippen LogP) is 5.50. The molecular weight excluding hydrogens is 502 g/mol. The summed E-state index contributed by atoms with van der Waals surface area (Å²) in [6, 6.07) is 18.6. The fraction of sp³-hybridized carbons (Fsp3) is 0.231. The number of fused-ring (bicyclic) bond motifs is 3. The topological polar surface area (TPSA) is 85.3 Å². The zero-order chi connectivity index (χ0) is 23.8. The number of rotatable bonds is 7. The fourth-order valence-corrected chi connectivity index (χ4v) is 5.05. The van der Waals surface area contributed by atoms with E-state index in [0.717, 1.165) is 15.6 Å². The molecule has 8 heteroatoms. The molecule has 1 heterocycles. The lowest BCUT2D eigenvalue weighted by molar-refractivity contribution is -0.136. The van der Waals surface area contributed by atoms with Gasteiger partial charge in [0.15, 0.2) is 11.5 Å². The largest absolute Gasteiger partial charge is 0.493 e. The molecule has 1 aliphatic heterocycles. The number of carboxylic acids is 1. The maximum absolute atomic E-state index is 12.8. The van der Waals surface area contributed by atoms with E-state index in [1.165, 1.54) is 12.7 Å². The van der Waals surface area contributed by atoms with Crippen molar-refractivity contribution in [2.75, 3.05) is 7.11 Å². The number of aliphatic carboxylic acids is 1. The number of carbonyl (C=O) groups is 2. The van der Waals surface area contributed by atoms with Crippen LogP contribution in [0.5, 0.6) is 17.2 Å². The van der Waals surface area contributed by atoms with Gasteiger partial charge < -0.3 is 19.3 Å². The molecule has 0 spiro atoms. The highest BCUT2D eigenvalue weighted by Gasteiger charge is 2.47. The Morgan fingerprint density at radius 1 is 1.12 bits per heavy atom. The van der Waals surface area contributed by atoms with Crippen LogP contribution in [0.4, 0.5) is 4.79 Å². The van der Waals surface area contributed by atoms with Gasteiger partial charge in [-0.05, 0) is 47.0 Å². The fourth-order valence-electron chi connectivity index (χ4n) is 4.64. The average molecular weight is 524 g/mol. The number of methoxy groups -OCH3 is 1. The minimum absolute atomic E-state index is 0.129. The van der Waals surface area contributed by atoms with Gasteiger partial charge in [-0.1, -0.05) is 46.3 Å². The van der Waals surface area contributed by atoms with E-state index in [-0.39, 0.29) is 24.7 Å². The summed E-state index contributed by atoms with van der Waals surface area (Å²) in [7, 11) is 1.53. The third-order valence-electron chi connectivity index (χ3n) is 6.14. The number of hydrogen-bond donors (Lipinski definition) is 1. The van der Waals surface area contributed by atoms with Crippen molar-refractivity contribution >= 4 is 28.0 Å². The Kier molecular flexibility index (Phi) is 5.91. The summed E-state index contributed by atoms with van der Waals surface area (Å²) >= 11 is 3.52. The van der Waals surface area contributed by atoms with Crippen LogP contribution in [0.15, 0.2) is 65.1 Å². The molecular formula is C26H22BrNO6. The Morgan fingerprint density at radius 3 is 2.71 bits per heavy atom. The van der Waals surface area contributed by atoms with Crippen LogP contribution in [0.1, 0.15) is 28.3 Å². The number of carbonyl (C=O) groups excluding carboxylic acids is 1. The first-order valence-electron chi connectivity index (χ1n) is 10.8. The smallest absolute Gasteiger partial charge is 0.411 e. The van der Waals surface area contributed by atoms with Crippen LogP contribution in [0.25, 0.3) is 0 Å². The number of hydrogen-bond acceptors (Lipinski definition) is 5. The first-order valence-corrected chi connectivity index (χ1v) is 11.6. The van der Waals surface area contributed by atoms with Crippen LogP contribution in [-0.4, -0.2) is 35.3 Å².